The van der Waals surface area contributed by atoms with Crippen LogP contribution in [-0.4, -0.2) is 14.2 Å². The Kier molecular flexibility index (Phi) is 4.26. The van der Waals surface area contributed by atoms with Crippen LogP contribution in [0.15, 0.2) is 12.1 Å². The third-order valence-electron chi connectivity index (χ3n) is 6.06. The van der Waals surface area contributed by atoms with Crippen LogP contribution in [0.5, 0.6) is 5.75 Å². The van der Waals surface area contributed by atoms with Gasteiger partial charge in [0.2, 0.25) is 0 Å². The summed E-state index contributed by atoms with van der Waals surface area (Å²) in [4.78, 5) is 0. The molecule has 1 N–H and O–H groups in total. The van der Waals surface area contributed by atoms with Gasteiger partial charge in [0.05, 0.1) is 7.11 Å². The molecule has 0 radical (unpaired) electrons. The second-order valence-electron chi connectivity index (χ2n) is 7.14. The van der Waals surface area contributed by atoms with Gasteiger partial charge < -0.3 is 10.1 Å². The van der Waals surface area contributed by atoms with E-state index in [-0.39, 0.29) is 0 Å². The molecule has 2 bridgehead atoms. The van der Waals surface area contributed by atoms with E-state index in [0.29, 0.717) is 6.04 Å². The number of benzene rings is 1. The van der Waals surface area contributed by atoms with Crippen LogP contribution in [0.3, 0.4) is 0 Å². The maximum atomic E-state index is 5.73. The van der Waals surface area contributed by atoms with Crippen molar-refractivity contribution in [1.82, 2.24) is 5.32 Å². The lowest BCUT2D eigenvalue weighted by atomic mass is 9.82. The summed E-state index contributed by atoms with van der Waals surface area (Å²) in [5.41, 5.74) is 3.93. The summed E-state index contributed by atoms with van der Waals surface area (Å²) < 4.78 is 5.73. The van der Waals surface area contributed by atoms with E-state index in [1.807, 2.05) is 0 Å². The Hall–Kier alpha value is -1.02. The molecule has 0 heterocycles. The van der Waals surface area contributed by atoms with E-state index < -0.39 is 0 Å². The van der Waals surface area contributed by atoms with Crippen LogP contribution < -0.4 is 10.1 Å². The number of aryl methyl sites for hydroxylation is 1. The number of nitrogens with one attached hydrogen (secondary N) is 1. The van der Waals surface area contributed by atoms with Crippen molar-refractivity contribution in [2.45, 2.75) is 52.0 Å². The number of hydrogen-bond acceptors (Lipinski definition) is 2. The summed E-state index contributed by atoms with van der Waals surface area (Å²) in [6.07, 6.45) is 7.16. The standard InChI is InChI=1S/C19H29NO/c1-12-5-8-17(19(21-4)13(12)2)18(20-3)11-16-10-14-6-7-15(16)9-14/h5,8,14-16,18,20H,6-7,9-11H2,1-4H3. The van der Waals surface area contributed by atoms with Crippen molar-refractivity contribution in [3.63, 3.8) is 0 Å². The van der Waals surface area contributed by atoms with E-state index in [1.165, 1.54) is 48.8 Å². The first-order valence-electron chi connectivity index (χ1n) is 8.45. The third kappa shape index (κ3) is 2.70. The van der Waals surface area contributed by atoms with E-state index >= 15 is 0 Å². The molecule has 0 amide bonds. The van der Waals surface area contributed by atoms with Gasteiger partial charge in [-0.15, -0.1) is 0 Å². The van der Waals surface area contributed by atoms with Gasteiger partial charge in [-0.1, -0.05) is 18.6 Å². The van der Waals surface area contributed by atoms with E-state index in [2.05, 4.69) is 38.3 Å². The Bertz CT molecular complexity index is 511. The molecule has 0 aromatic heterocycles. The quantitative estimate of drug-likeness (QED) is 0.866. The van der Waals surface area contributed by atoms with E-state index in [0.717, 1.165) is 23.5 Å². The molecule has 2 fully saturated rings. The Morgan fingerprint density at radius 1 is 1.24 bits per heavy atom. The molecule has 21 heavy (non-hydrogen) atoms. The Balaban J connectivity index is 1.81. The molecule has 3 rings (SSSR count). The number of rotatable bonds is 5. The van der Waals surface area contributed by atoms with Gasteiger partial charge in [0.1, 0.15) is 5.75 Å². The lowest BCUT2D eigenvalue weighted by Gasteiger charge is -2.28. The summed E-state index contributed by atoms with van der Waals surface area (Å²) >= 11 is 0. The molecule has 1 aromatic rings. The van der Waals surface area contributed by atoms with Crippen molar-refractivity contribution in [1.29, 1.82) is 0 Å². The van der Waals surface area contributed by atoms with Crippen molar-refractivity contribution in [2.75, 3.05) is 14.2 Å². The van der Waals surface area contributed by atoms with E-state index in [4.69, 9.17) is 4.74 Å². The molecule has 0 saturated heterocycles. The molecule has 2 aliphatic carbocycles. The summed E-state index contributed by atoms with van der Waals surface area (Å²) in [6, 6.07) is 4.91. The topological polar surface area (TPSA) is 21.3 Å². The van der Waals surface area contributed by atoms with Crippen LogP contribution in [0.25, 0.3) is 0 Å². The minimum absolute atomic E-state index is 0.420. The molecule has 4 unspecified atom stereocenters. The summed E-state index contributed by atoms with van der Waals surface area (Å²) in [6.45, 7) is 4.33. The molecule has 0 aliphatic heterocycles. The largest absolute Gasteiger partial charge is 0.496 e. The van der Waals surface area contributed by atoms with Gasteiger partial charge in [-0.05, 0) is 75.5 Å². The van der Waals surface area contributed by atoms with Gasteiger partial charge in [0.15, 0.2) is 0 Å². The molecule has 2 nitrogen and oxygen atoms in total. The maximum absolute atomic E-state index is 5.73. The van der Waals surface area contributed by atoms with Crippen molar-refractivity contribution >= 4 is 0 Å². The van der Waals surface area contributed by atoms with Crippen LogP contribution >= 0.6 is 0 Å². The molecule has 2 heteroatoms. The SMILES string of the molecule is CNC(CC1CC2CCC1C2)c1ccc(C)c(C)c1OC. The Morgan fingerprint density at radius 2 is 2.05 bits per heavy atom. The van der Waals surface area contributed by atoms with Gasteiger partial charge in [-0.3, -0.25) is 0 Å². The van der Waals surface area contributed by atoms with Crippen LogP contribution in [0, 0.1) is 31.6 Å². The first-order valence-corrected chi connectivity index (χ1v) is 8.45. The third-order valence-corrected chi connectivity index (χ3v) is 6.06. The molecule has 2 saturated carbocycles. The highest BCUT2D eigenvalue weighted by Gasteiger charge is 2.40. The molecule has 4 atom stereocenters. The number of methoxy groups -OCH3 is 1. The highest BCUT2D eigenvalue weighted by molar-refractivity contribution is 5.46. The number of hydrogen-bond donors (Lipinski definition) is 1. The van der Waals surface area contributed by atoms with Gasteiger partial charge >= 0.3 is 0 Å². The predicted octanol–water partition coefficient (Wildman–Crippen LogP) is 4.40. The van der Waals surface area contributed by atoms with Crippen LogP contribution in [0.4, 0.5) is 0 Å². The van der Waals surface area contributed by atoms with Crippen molar-refractivity contribution in [3.05, 3.63) is 28.8 Å². The second kappa shape index (κ2) is 6.00. The number of ether oxygens (including phenoxy) is 1. The number of fused-ring (bicyclic) bond motifs is 2. The predicted molar refractivity (Wildman–Crippen MR) is 87.8 cm³/mol. The molecule has 2 aliphatic rings. The van der Waals surface area contributed by atoms with E-state index in [9.17, 15) is 0 Å². The minimum Gasteiger partial charge on any atom is -0.496 e. The second-order valence-corrected chi connectivity index (χ2v) is 7.14. The highest BCUT2D eigenvalue weighted by Crippen LogP contribution is 2.51. The van der Waals surface area contributed by atoms with Gasteiger partial charge in [0.25, 0.3) is 0 Å². The van der Waals surface area contributed by atoms with E-state index in [1.54, 1.807) is 7.11 Å². The lowest BCUT2D eigenvalue weighted by Crippen LogP contribution is -2.23. The first kappa shape index (κ1) is 14.9. The molecular formula is C19H29NO. The zero-order chi connectivity index (χ0) is 15.0. The fourth-order valence-corrected chi connectivity index (χ4v) is 4.72. The average Bonchev–Trinajstić information content (AvgIpc) is 3.10. The summed E-state index contributed by atoms with van der Waals surface area (Å²) in [5.74, 6) is 4.01. The van der Waals surface area contributed by atoms with Crippen LogP contribution in [0.1, 0.15) is 54.8 Å². The molecule has 1 aromatic carbocycles. The van der Waals surface area contributed by atoms with Crippen molar-refractivity contribution < 1.29 is 4.74 Å². The highest BCUT2D eigenvalue weighted by atomic mass is 16.5. The summed E-state index contributed by atoms with van der Waals surface area (Å²) in [7, 11) is 3.89. The van der Waals surface area contributed by atoms with Crippen molar-refractivity contribution in [2.24, 2.45) is 17.8 Å². The maximum Gasteiger partial charge on any atom is 0.126 e. The van der Waals surface area contributed by atoms with Gasteiger partial charge in [-0.25, -0.2) is 0 Å². The lowest BCUT2D eigenvalue weighted by molar-refractivity contribution is 0.280. The van der Waals surface area contributed by atoms with Crippen LogP contribution in [0.2, 0.25) is 0 Å². The minimum atomic E-state index is 0.420. The fraction of sp³-hybridized carbons (Fsp3) is 0.684. The molecular weight excluding hydrogens is 258 g/mol. The van der Waals surface area contributed by atoms with Gasteiger partial charge in [-0.2, -0.15) is 0 Å². The molecule has 0 spiro atoms. The normalized spacial score (nSPS) is 28.9. The van der Waals surface area contributed by atoms with Gasteiger partial charge in [0, 0.05) is 11.6 Å². The monoisotopic (exact) mass is 287 g/mol. The summed E-state index contributed by atoms with van der Waals surface area (Å²) in [5, 5.41) is 3.55. The van der Waals surface area contributed by atoms with Crippen LogP contribution in [-0.2, 0) is 0 Å². The zero-order valence-electron chi connectivity index (χ0n) is 13.9. The first-order chi connectivity index (χ1) is 10.1. The average molecular weight is 287 g/mol. The fourth-order valence-electron chi connectivity index (χ4n) is 4.72. The smallest absolute Gasteiger partial charge is 0.126 e. The Labute approximate surface area is 129 Å². The Morgan fingerprint density at radius 3 is 2.62 bits per heavy atom. The zero-order valence-corrected chi connectivity index (χ0v) is 13.9. The molecule has 116 valence electrons. The van der Waals surface area contributed by atoms with Crippen molar-refractivity contribution in [3.8, 4) is 5.75 Å².